The summed E-state index contributed by atoms with van der Waals surface area (Å²) in [6, 6.07) is 2.04. The number of hydrogen-bond donors (Lipinski definition) is 0. The number of rotatable bonds is 1. The average molecular weight is 311 g/mol. The van der Waals surface area contributed by atoms with Gasteiger partial charge in [-0.3, -0.25) is 0 Å². The number of hydrogen-bond acceptors (Lipinski definition) is 3. The number of likely N-dealkylation sites (tertiary alicyclic amines) is 1. The zero-order valence-corrected chi connectivity index (χ0v) is 13.9. The first kappa shape index (κ1) is 16.1. The van der Waals surface area contributed by atoms with Crippen molar-refractivity contribution < 1.29 is 9.53 Å². The largest absolute Gasteiger partial charge is 0.444 e. The van der Waals surface area contributed by atoms with Gasteiger partial charge in [0.05, 0.1) is 6.04 Å². The van der Waals surface area contributed by atoms with Crippen LogP contribution in [0.1, 0.15) is 57.2 Å². The zero-order valence-electron chi connectivity index (χ0n) is 13.1. The summed E-state index contributed by atoms with van der Waals surface area (Å²) in [6.45, 7) is 8.31. The van der Waals surface area contributed by atoms with Crippen molar-refractivity contribution in [3.8, 4) is 0 Å². The zero-order chi connectivity index (χ0) is 15.6. The number of piperidine rings is 1. The Hall–Kier alpha value is -1.29. The highest BCUT2D eigenvalue weighted by molar-refractivity contribution is 6.30. The fourth-order valence-corrected chi connectivity index (χ4v) is 2.68. The Morgan fingerprint density at radius 2 is 2.14 bits per heavy atom. The summed E-state index contributed by atoms with van der Waals surface area (Å²) < 4.78 is 5.52. The summed E-state index contributed by atoms with van der Waals surface area (Å²) in [6.07, 6.45) is 4.56. The van der Waals surface area contributed by atoms with Crippen LogP contribution in [0.3, 0.4) is 0 Å². The van der Waals surface area contributed by atoms with Crippen LogP contribution in [0.4, 0.5) is 4.79 Å². The number of pyridine rings is 1. The SMILES string of the molecule is Cc1cc([C@@H]2CCCCN2C(=O)OC(C)(C)C)cnc1Cl. The number of halogens is 1. The molecule has 1 aromatic heterocycles. The Bertz CT molecular complexity index is 525. The van der Waals surface area contributed by atoms with Gasteiger partial charge in [0.2, 0.25) is 0 Å². The molecule has 2 rings (SSSR count). The maximum atomic E-state index is 12.4. The molecule has 2 heterocycles. The Balaban J connectivity index is 2.22. The van der Waals surface area contributed by atoms with Gasteiger partial charge in [0, 0.05) is 12.7 Å². The second-order valence-corrected chi connectivity index (χ2v) is 6.92. The van der Waals surface area contributed by atoms with Gasteiger partial charge in [-0.25, -0.2) is 9.78 Å². The molecule has 0 saturated carbocycles. The molecule has 1 aliphatic heterocycles. The van der Waals surface area contributed by atoms with Crippen molar-refractivity contribution in [2.24, 2.45) is 0 Å². The van der Waals surface area contributed by atoms with E-state index in [4.69, 9.17) is 16.3 Å². The molecule has 1 aromatic rings. The molecule has 5 heteroatoms. The van der Waals surface area contributed by atoms with E-state index in [9.17, 15) is 4.79 Å². The second kappa shape index (κ2) is 6.22. The molecule has 1 atom stereocenters. The van der Waals surface area contributed by atoms with Gasteiger partial charge < -0.3 is 9.64 Å². The third-order valence-corrected chi connectivity index (χ3v) is 3.95. The van der Waals surface area contributed by atoms with Gasteiger partial charge >= 0.3 is 6.09 Å². The maximum absolute atomic E-state index is 12.4. The van der Waals surface area contributed by atoms with E-state index >= 15 is 0 Å². The normalized spacial score (nSPS) is 19.5. The average Bonchev–Trinajstić information content (AvgIpc) is 2.40. The minimum atomic E-state index is -0.479. The van der Waals surface area contributed by atoms with Crippen molar-refractivity contribution in [3.63, 3.8) is 0 Å². The van der Waals surface area contributed by atoms with Crippen LogP contribution in [0.25, 0.3) is 0 Å². The number of aryl methyl sites for hydroxylation is 1. The fourth-order valence-electron chi connectivity index (χ4n) is 2.58. The van der Waals surface area contributed by atoms with E-state index in [1.807, 2.05) is 38.7 Å². The Morgan fingerprint density at radius 1 is 1.43 bits per heavy atom. The molecule has 0 aliphatic carbocycles. The van der Waals surface area contributed by atoms with Crippen molar-refractivity contribution >= 4 is 17.7 Å². The van der Waals surface area contributed by atoms with Crippen molar-refractivity contribution in [1.82, 2.24) is 9.88 Å². The summed E-state index contributed by atoms with van der Waals surface area (Å²) >= 11 is 5.99. The molecule has 1 fully saturated rings. The standard InChI is InChI=1S/C16H23ClN2O2/c1-11-9-12(10-18-14(11)17)13-7-5-6-8-19(13)15(20)21-16(2,3)4/h9-10,13H,5-8H2,1-4H3/t13-/m0/s1. The van der Waals surface area contributed by atoms with E-state index in [2.05, 4.69) is 4.98 Å². The molecule has 116 valence electrons. The van der Waals surface area contributed by atoms with Crippen LogP contribution in [0.2, 0.25) is 5.15 Å². The summed E-state index contributed by atoms with van der Waals surface area (Å²) in [5.41, 5.74) is 1.49. The predicted octanol–water partition coefficient (Wildman–Crippen LogP) is 4.51. The van der Waals surface area contributed by atoms with Gasteiger partial charge in [0.15, 0.2) is 0 Å². The fraction of sp³-hybridized carbons (Fsp3) is 0.625. The van der Waals surface area contributed by atoms with Crippen molar-refractivity contribution in [3.05, 3.63) is 28.5 Å². The van der Waals surface area contributed by atoms with E-state index < -0.39 is 5.60 Å². The molecule has 0 spiro atoms. The van der Waals surface area contributed by atoms with E-state index in [-0.39, 0.29) is 12.1 Å². The van der Waals surface area contributed by atoms with Gasteiger partial charge in [-0.15, -0.1) is 0 Å². The lowest BCUT2D eigenvalue weighted by Crippen LogP contribution is -2.41. The molecule has 1 amide bonds. The lowest BCUT2D eigenvalue weighted by atomic mass is 9.96. The molecule has 0 radical (unpaired) electrons. The minimum absolute atomic E-state index is 0.0251. The van der Waals surface area contributed by atoms with Crippen LogP contribution < -0.4 is 0 Å². The number of aromatic nitrogens is 1. The topological polar surface area (TPSA) is 42.4 Å². The lowest BCUT2D eigenvalue weighted by molar-refractivity contribution is 0.00947. The highest BCUT2D eigenvalue weighted by Crippen LogP contribution is 2.32. The number of carbonyl (C=O) groups is 1. The quantitative estimate of drug-likeness (QED) is 0.717. The van der Waals surface area contributed by atoms with Crippen LogP contribution in [-0.4, -0.2) is 28.1 Å². The molecule has 4 nitrogen and oxygen atoms in total. The van der Waals surface area contributed by atoms with E-state index in [1.165, 1.54) is 0 Å². The number of amides is 1. The van der Waals surface area contributed by atoms with Crippen molar-refractivity contribution in [1.29, 1.82) is 0 Å². The van der Waals surface area contributed by atoms with Crippen molar-refractivity contribution in [2.45, 2.75) is 58.6 Å². The first-order valence-corrected chi connectivity index (χ1v) is 7.77. The maximum Gasteiger partial charge on any atom is 0.410 e. The molecule has 0 unspecified atom stereocenters. The summed E-state index contributed by atoms with van der Waals surface area (Å²) in [7, 11) is 0. The molecule has 1 saturated heterocycles. The predicted molar refractivity (Wildman–Crippen MR) is 83.5 cm³/mol. The number of nitrogens with zero attached hydrogens (tertiary/aromatic N) is 2. The van der Waals surface area contributed by atoms with Crippen LogP contribution in [-0.2, 0) is 4.74 Å². The first-order valence-electron chi connectivity index (χ1n) is 7.39. The van der Waals surface area contributed by atoms with E-state index in [0.29, 0.717) is 5.15 Å². The summed E-state index contributed by atoms with van der Waals surface area (Å²) in [4.78, 5) is 18.4. The second-order valence-electron chi connectivity index (χ2n) is 6.56. The monoisotopic (exact) mass is 310 g/mol. The molecule has 0 bridgehead atoms. The Labute approximate surface area is 131 Å². The number of ether oxygens (including phenoxy) is 1. The van der Waals surface area contributed by atoms with Gasteiger partial charge in [0.25, 0.3) is 0 Å². The highest BCUT2D eigenvalue weighted by Gasteiger charge is 2.31. The third kappa shape index (κ3) is 4.10. The van der Waals surface area contributed by atoms with Gasteiger partial charge in [0.1, 0.15) is 10.8 Å². The molecule has 21 heavy (non-hydrogen) atoms. The van der Waals surface area contributed by atoms with Crippen LogP contribution >= 0.6 is 11.6 Å². The van der Waals surface area contributed by atoms with E-state index in [1.54, 1.807) is 6.20 Å². The first-order chi connectivity index (χ1) is 9.78. The minimum Gasteiger partial charge on any atom is -0.444 e. The smallest absolute Gasteiger partial charge is 0.410 e. The van der Waals surface area contributed by atoms with Crippen LogP contribution in [0, 0.1) is 6.92 Å². The van der Waals surface area contributed by atoms with Gasteiger partial charge in [-0.1, -0.05) is 11.6 Å². The highest BCUT2D eigenvalue weighted by atomic mass is 35.5. The third-order valence-electron chi connectivity index (χ3n) is 3.55. The number of carbonyl (C=O) groups excluding carboxylic acids is 1. The molecule has 0 aromatic carbocycles. The van der Waals surface area contributed by atoms with Gasteiger partial charge in [-0.2, -0.15) is 0 Å². The van der Waals surface area contributed by atoms with Crippen LogP contribution in [0.15, 0.2) is 12.3 Å². The molecule has 1 aliphatic rings. The molecular formula is C16H23ClN2O2. The van der Waals surface area contributed by atoms with Crippen molar-refractivity contribution in [2.75, 3.05) is 6.54 Å². The summed E-state index contributed by atoms with van der Waals surface area (Å²) in [5.74, 6) is 0. The molecule has 0 N–H and O–H groups in total. The van der Waals surface area contributed by atoms with E-state index in [0.717, 1.165) is 36.9 Å². The van der Waals surface area contributed by atoms with Crippen LogP contribution in [0.5, 0.6) is 0 Å². The molecular weight excluding hydrogens is 288 g/mol. The Morgan fingerprint density at radius 3 is 2.76 bits per heavy atom. The lowest BCUT2D eigenvalue weighted by Gasteiger charge is -2.37. The van der Waals surface area contributed by atoms with Gasteiger partial charge in [-0.05, 0) is 64.2 Å². The Kier molecular flexibility index (Phi) is 4.77. The summed E-state index contributed by atoms with van der Waals surface area (Å²) in [5, 5.41) is 0.512.